The lowest BCUT2D eigenvalue weighted by Crippen LogP contribution is -2.67. The summed E-state index contributed by atoms with van der Waals surface area (Å²) >= 11 is 0. The summed E-state index contributed by atoms with van der Waals surface area (Å²) in [6.45, 7) is 2.52. The van der Waals surface area contributed by atoms with Gasteiger partial charge in [0.05, 0.1) is 6.17 Å². The zero-order chi connectivity index (χ0) is 40.4. The van der Waals surface area contributed by atoms with Crippen LogP contribution in [0.3, 0.4) is 0 Å². The zero-order valence-electron chi connectivity index (χ0n) is 38.8. The summed E-state index contributed by atoms with van der Waals surface area (Å²) in [5, 5.41) is 8.58. The largest absolute Gasteiger partial charge is 0.298 e. The number of likely N-dealkylation sites (tertiary alicyclic amines) is 2. The van der Waals surface area contributed by atoms with E-state index in [2.05, 4.69) is 63.8 Å². The van der Waals surface area contributed by atoms with Crippen LogP contribution >= 0.6 is 0 Å². The van der Waals surface area contributed by atoms with Crippen LogP contribution in [0.2, 0.25) is 0 Å². The first-order valence-electron chi connectivity index (χ1n) is 27.9. The van der Waals surface area contributed by atoms with E-state index in [1.54, 1.807) is 12.8 Å². The van der Waals surface area contributed by atoms with Crippen LogP contribution in [0.4, 0.5) is 0 Å². The van der Waals surface area contributed by atoms with E-state index in [4.69, 9.17) is 0 Å². The van der Waals surface area contributed by atoms with Crippen LogP contribution in [-0.4, -0.2) is 64.3 Å². The number of nitrogens with one attached hydrogen (secondary N) is 2. The molecule has 336 valence electrons. The predicted molar refractivity (Wildman–Crippen MR) is 253 cm³/mol. The maximum Gasteiger partial charge on any atom is 0.0605 e. The number of nitrogens with zero attached hydrogens (tertiary/aromatic N) is 2. The Morgan fingerprint density at radius 1 is 0.492 bits per heavy atom. The summed E-state index contributed by atoms with van der Waals surface area (Å²) in [6.07, 6.45) is 58.3. The van der Waals surface area contributed by atoms with Crippen molar-refractivity contribution in [2.24, 2.45) is 59.2 Å². The molecule has 12 rings (SSSR count). The third kappa shape index (κ3) is 7.82. The fourth-order valence-corrected chi connectivity index (χ4v) is 18.7. The van der Waals surface area contributed by atoms with E-state index >= 15 is 0 Å². The Labute approximate surface area is 373 Å². The minimum absolute atomic E-state index is 0.518. The third-order valence-corrected chi connectivity index (χ3v) is 21.6. The molecule has 8 fully saturated rings. The predicted octanol–water partition coefficient (Wildman–Crippen LogP) is 12.7. The summed E-state index contributed by atoms with van der Waals surface area (Å²) in [5.74, 6) is 9.02. The first-order valence-corrected chi connectivity index (χ1v) is 27.9. The molecule has 0 aromatic rings. The van der Waals surface area contributed by atoms with Crippen molar-refractivity contribution < 1.29 is 0 Å². The molecule has 9 aliphatic carbocycles. The van der Waals surface area contributed by atoms with Gasteiger partial charge in [-0.25, -0.2) is 0 Å². The van der Waals surface area contributed by atoms with Gasteiger partial charge in [0.2, 0.25) is 0 Å². The van der Waals surface area contributed by atoms with Crippen molar-refractivity contribution >= 4 is 0 Å². The molecule has 0 aromatic carbocycles. The van der Waals surface area contributed by atoms with E-state index < -0.39 is 0 Å². The molecule has 0 amide bonds. The maximum atomic E-state index is 4.33. The average Bonchev–Trinajstić information content (AvgIpc) is 3.84. The second-order valence-electron chi connectivity index (χ2n) is 24.4. The maximum absolute atomic E-state index is 4.33. The molecule has 2 N–H and O–H groups in total. The fourth-order valence-electron chi connectivity index (χ4n) is 18.7. The van der Waals surface area contributed by atoms with Gasteiger partial charge in [0.15, 0.2) is 0 Å². The van der Waals surface area contributed by atoms with Gasteiger partial charge in [-0.1, -0.05) is 69.1 Å². The highest BCUT2D eigenvalue weighted by Gasteiger charge is 2.55. The van der Waals surface area contributed by atoms with Gasteiger partial charge < -0.3 is 0 Å². The summed E-state index contributed by atoms with van der Waals surface area (Å²) < 4.78 is 0. The van der Waals surface area contributed by atoms with Gasteiger partial charge in [-0.05, 0) is 225 Å². The smallest absolute Gasteiger partial charge is 0.0605 e. The molecule has 0 bridgehead atoms. The molecule has 15 unspecified atom stereocenters. The van der Waals surface area contributed by atoms with Crippen molar-refractivity contribution in [3.05, 3.63) is 47.6 Å². The molecule has 15 atom stereocenters. The molecule has 0 radical (unpaired) electrons. The molecule has 12 aliphatic rings. The normalized spacial score (nSPS) is 50.4. The van der Waals surface area contributed by atoms with Crippen LogP contribution in [-0.2, 0) is 0 Å². The minimum Gasteiger partial charge on any atom is -0.298 e. The van der Waals surface area contributed by atoms with Gasteiger partial charge in [-0.15, -0.1) is 0 Å². The molecule has 3 aliphatic heterocycles. The van der Waals surface area contributed by atoms with Gasteiger partial charge in [-0.2, -0.15) is 0 Å². The average molecular weight is 829 g/mol. The Hall–Kier alpha value is -1.20. The molecular formula is C57H88N4. The number of hydrogen-bond acceptors (Lipinski definition) is 4. The van der Waals surface area contributed by atoms with Crippen molar-refractivity contribution in [3.8, 4) is 0 Å². The topological polar surface area (TPSA) is 30.5 Å². The summed E-state index contributed by atoms with van der Waals surface area (Å²) in [5.41, 5.74) is 3.64. The van der Waals surface area contributed by atoms with Gasteiger partial charge >= 0.3 is 0 Å². The van der Waals surface area contributed by atoms with Crippen LogP contribution in [0.5, 0.6) is 0 Å². The highest BCUT2D eigenvalue weighted by Crippen LogP contribution is 2.56. The van der Waals surface area contributed by atoms with E-state index in [1.807, 2.05) is 11.1 Å². The minimum atomic E-state index is 0.518. The first kappa shape index (κ1) is 41.2. The highest BCUT2D eigenvalue weighted by molar-refractivity contribution is 5.36. The van der Waals surface area contributed by atoms with Gasteiger partial charge in [-0.3, -0.25) is 20.4 Å². The number of allylic oxidation sites excluding steroid dienone is 6. The molecule has 4 heteroatoms. The second-order valence-corrected chi connectivity index (χ2v) is 24.4. The van der Waals surface area contributed by atoms with Crippen molar-refractivity contribution in [2.75, 3.05) is 0 Å². The van der Waals surface area contributed by atoms with E-state index in [0.717, 1.165) is 89.5 Å². The standard InChI is InChI=1S/C57H88N4/c1-37-19-29-44(30-20-37)60-52-17-9-6-13-46(52)49-35-42(27-33-54(49)60)38-21-23-39(24-22-38)43-28-34-55-50(36-43)47-14-7-10-18-53(47)61(55)45-31-25-41(26-32-45)57-58-51-16-8-5-15-48(51)56(59-57)40-11-3-2-4-12-40/h2-3,5,15,23,36-38,40-42,44-59H,4,6-14,16-22,24-35H2,1H3. The number of rotatable bonds is 6. The lowest BCUT2D eigenvalue weighted by atomic mass is 9.65. The van der Waals surface area contributed by atoms with E-state index in [1.165, 1.54) is 173 Å². The van der Waals surface area contributed by atoms with Crippen LogP contribution in [0.1, 0.15) is 193 Å². The monoisotopic (exact) mass is 829 g/mol. The van der Waals surface area contributed by atoms with E-state index in [-0.39, 0.29) is 0 Å². The van der Waals surface area contributed by atoms with E-state index in [0.29, 0.717) is 24.2 Å². The molecule has 3 heterocycles. The number of hydrogen-bond donors (Lipinski definition) is 2. The van der Waals surface area contributed by atoms with Crippen molar-refractivity contribution in [2.45, 2.75) is 248 Å². The van der Waals surface area contributed by atoms with Crippen molar-refractivity contribution in [1.82, 2.24) is 20.4 Å². The van der Waals surface area contributed by atoms with Crippen LogP contribution in [0, 0.1) is 59.2 Å². The van der Waals surface area contributed by atoms with Crippen molar-refractivity contribution in [1.29, 1.82) is 0 Å². The zero-order valence-corrected chi connectivity index (χ0v) is 38.8. The Kier molecular flexibility index (Phi) is 12.1. The molecular weight excluding hydrogens is 741 g/mol. The summed E-state index contributed by atoms with van der Waals surface area (Å²) in [7, 11) is 0. The van der Waals surface area contributed by atoms with Crippen molar-refractivity contribution in [3.63, 3.8) is 0 Å². The van der Waals surface area contributed by atoms with Crippen LogP contribution in [0.25, 0.3) is 0 Å². The van der Waals surface area contributed by atoms with Crippen LogP contribution < -0.4 is 10.6 Å². The Morgan fingerprint density at radius 2 is 1.20 bits per heavy atom. The van der Waals surface area contributed by atoms with Gasteiger partial charge in [0.1, 0.15) is 0 Å². The quantitative estimate of drug-likeness (QED) is 0.261. The molecule has 4 nitrogen and oxygen atoms in total. The van der Waals surface area contributed by atoms with Gasteiger partial charge in [0.25, 0.3) is 0 Å². The Balaban J connectivity index is 0.686. The third-order valence-electron chi connectivity index (χ3n) is 21.6. The summed E-state index contributed by atoms with van der Waals surface area (Å²) in [6, 6.07) is 6.65. The molecule has 61 heavy (non-hydrogen) atoms. The Bertz CT molecular complexity index is 1640. The second kappa shape index (κ2) is 17.9. The van der Waals surface area contributed by atoms with E-state index in [9.17, 15) is 0 Å². The summed E-state index contributed by atoms with van der Waals surface area (Å²) in [4.78, 5) is 6.49. The highest BCUT2D eigenvalue weighted by atomic mass is 15.3. The fraction of sp³-hybridized carbons (Fsp3) is 0.860. The lowest BCUT2D eigenvalue weighted by molar-refractivity contribution is 0.0382. The SMILES string of the molecule is CC1CCC(N2C3CCCCC3C3CC(C4CC=C(C5=CC6C7CCCCC7N(C7CCC(C8NC9CCC=CC9C(C9CC=CCC9)N8)CC7)C6CC5)CC4)CCC32)CC1. The number of fused-ring (bicyclic) bond motifs is 7. The molecule has 5 saturated carbocycles. The van der Waals surface area contributed by atoms with Gasteiger partial charge in [0, 0.05) is 54.3 Å². The molecule has 3 saturated heterocycles. The Morgan fingerprint density at radius 3 is 1.98 bits per heavy atom. The van der Waals surface area contributed by atoms with Crippen LogP contribution in [0.15, 0.2) is 47.6 Å². The first-order chi connectivity index (χ1) is 30.1. The molecule has 0 aromatic heterocycles. The molecule has 0 spiro atoms. The lowest BCUT2D eigenvalue weighted by Gasteiger charge is -2.51.